The van der Waals surface area contributed by atoms with Crippen molar-refractivity contribution in [3.63, 3.8) is 0 Å². The summed E-state index contributed by atoms with van der Waals surface area (Å²) in [5.74, 6) is -0.266. The zero-order chi connectivity index (χ0) is 21.7. The Morgan fingerprint density at radius 1 is 0.935 bits per heavy atom. The first-order valence-electron chi connectivity index (χ1n) is 9.32. The summed E-state index contributed by atoms with van der Waals surface area (Å²) < 4.78 is 27.3. The first-order chi connectivity index (χ1) is 15.0. The molecule has 1 amide bonds. The van der Waals surface area contributed by atoms with Crippen molar-refractivity contribution in [2.75, 3.05) is 4.72 Å². The number of thiazole rings is 1. The summed E-state index contributed by atoms with van der Waals surface area (Å²) in [6.07, 6.45) is 3.42. The number of carbonyl (C=O) groups is 1. The largest absolute Gasteiger partial charge is 0.346 e. The maximum Gasteiger partial charge on any atom is 0.261 e. The fraction of sp³-hybridized carbons (Fsp3) is 0.0455. The second-order valence-electron chi connectivity index (χ2n) is 6.54. The highest BCUT2D eigenvalue weighted by Gasteiger charge is 2.14. The molecule has 31 heavy (non-hydrogen) atoms. The van der Waals surface area contributed by atoms with Crippen LogP contribution >= 0.6 is 11.3 Å². The second-order valence-corrected chi connectivity index (χ2v) is 9.17. The van der Waals surface area contributed by atoms with E-state index >= 15 is 0 Å². The molecule has 2 aromatic carbocycles. The van der Waals surface area contributed by atoms with E-state index in [2.05, 4.69) is 20.0 Å². The van der Waals surface area contributed by atoms with Crippen LogP contribution in [0.15, 0.2) is 89.4 Å². The van der Waals surface area contributed by atoms with Crippen LogP contribution in [-0.2, 0) is 16.6 Å². The van der Waals surface area contributed by atoms with E-state index in [4.69, 9.17) is 0 Å². The summed E-state index contributed by atoms with van der Waals surface area (Å²) in [5, 5.41) is 5.55. The molecule has 0 bridgehead atoms. The molecule has 0 aliphatic carbocycles. The molecule has 0 unspecified atom stereocenters. The van der Waals surface area contributed by atoms with Crippen LogP contribution in [-0.4, -0.2) is 24.3 Å². The summed E-state index contributed by atoms with van der Waals surface area (Å²) in [7, 11) is -3.67. The van der Waals surface area contributed by atoms with Gasteiger partial charge in [-0.05, 0) is 48.5 Å². The fourth-order valence-electron chi connectivity index (χ4n) is 2.81. The number of aromatic nitrogens is 2. The van der Waals surface area contributed by atoms with Crippen molar-refractivity contribution in [3.05, 3.63) is 95.1 Å². The molecule has 0 aliphatic heterocycles. The van der Waals surface area contributed by atoms with Crippen LogP contribution in [0.3, 0.4) is 0 Å². The van der Waals surface area contributed by atoms with Gasteiger partial charge < -0.3 is 5.32 Å². The van der Waals surface area contributed by atoms with Crippen LogP contribution in [0.1, 0.15) is 15.4 Å². The average molecular weight is 451 g/mol. The third-order valence-corrected chi connectivity index (χ3v) is 6.63. The molecular weight excluding hydrogens is 432 g/mol. The van der Waals surface area contributed by atoms with Gasteiger partial charge in [0.1, 0.15) is 5.01 Å². The summed E-state index contributed by atoms with van der Waals surface area (Å²) in [6, 6.07) is 18.1. The molecule has 2 heterocycles. The van der Waals surface area contributed by atoms with Crippen LogP contribution < -0.4 is 10.0 Å². The number of benzene rings is 2. The van der Waals surface area contributed by atoms with Crippen molar-refractivity contribution in [3.8, 4) is 11.3 Å². The van der Waals surface area contributed by atoms with Gasteiger partial charge in [0.05, 0.1) is 17.1 Å². The minimum Gasteiger partial charge on any atom is -0.346 e. The van der Waals surface area contributed by atoms with Crippen molar-refractivity contribution in [1.82, 2.24) is 15.3 Å². The van der Waals surface area contributed by atoms with E-state index in [0.717, 1.165) is 16.3 Å². The van der Waals surface area contributed by atoms with E-state index < -0.39 is 10.0 Å². The Morgan fingerprint density at radius 2 is 1.65 bits per heavy atom. The van der Waals surface area contributed by atoms with Gasteiger partial charge in [-0.2, -0.15) is 0 Å². The number of pyridine rings is 1. The maximum absolute atomic E-state index is 12.4. The highest BCUT2D eigenvalue weighted by atomic mass is 32.2. The third-order valence-electron chi connectivity index (χ3n) is 4.38. The Kier molecular flexibility index (Phi) is 6.06. The summed E-state index contributed by atoms with van der Waals surface area (Å²) in [4.78, 5) is 21.1. The molecule has 9 heteroatoms. The van der Waals surface area contributed by atoms with Crippen molar-refractivity contribution in [1.29, 1.82) is 0 Å². The molecule has 0 aliphatic rings. The number of anilines is 1. The van der Waals surface area contributed by atoms with E-state index in [9.17, 15) is 13.2 Å². The number of sulfonamides is 1. The number of hydrogen-bond acceptors (Lipinski definition) is 6. The normalized spacial score (nSPS) is 11.1. The monoisotopic (exact) mass is 450 g/mol. The zero-order valence-electron chi connectivity index (χ0n) is 16.2. The Balaban J connectivity index is 1.36. The molecule has 0 atom stereocenters. The van der Waals surface area contributed by atoms with Crippen molar-refractivity contribution < 1.29 is 13.2 Å². The summed E-state index contributed by atoms with van der Waals surface area (Å²) >= 11 is 1.47. The van der Waals surface area contributed by atoms with Gasteiger partial charge >= 0.3 is 0 Å². The molecule has 0 saturated carbocycles. The Bertz CT molecular complexity index is 1270. The molecule has 7 nitrogen and oxygen atoms in total. The number of nitrogens with zero attached hydrogens (tertiary/aromatic N) is 2. The molecule has 0 saturated heterocycles. The number of carbonyl (C=O) groups excluding carboxylic acids is 1. The first kappa shape index (κ1) is 20.7. The zero-order valence-corrected chi connectivity index (χ0v) is 17.9. The molecule has 156 valence electrons. The number of rotatable bonds is 7. The van der Waals surface area contributed by atoms with E-state index in [-0.39, 0.29) is 10.8 Å². The topological polar surface area (TPSA) is 101 Å². The molecule has 0 spiro atoms. The highest BCUT2D eigenvalue weighted by Crippen LogP contribution is 2.21. The molecule has 4 rings (SSSR count). The lowest BCUT2D eigenvalue weighted by Gasteiger charge is -2.09. The van der Waals surface area contributed by atoms with Crippen molar-refractivity contribution in [2.45, 2.75) is 11.4 Å². The quantitative estimate of drug-likeness (QED) is 0.444. The number of hydrogen-bond donors (Lipinski definition) is 2. The lowest BCUT2D eigenvalue weighted by atomic mass is 10.2. The van der Waals surface area contributed by atoms with Gasteiger partial charge in [0.15, 0.2) is 0 Å². The van der Waals surface area contributed by atoms with Gasteiger partial charge in [-0.15, -0.1) is 11.3 Å². The Hall–Kier alpha value is -3.56. The predicted octanol–water partition coefficient (Wildman–Crippen LogP) is 3.94. The van der Waals surface area contributed by atoms with Gasteiger partial charge in [-0.1, -0.05) is 18.2 Å². The Labute approximate surface area is 183 Å². The maximum atomic E-state index is 12.4. The van der Waals surface area contributed by atoms with E-state index in [1.54, 1.807) is 54.9 Å². The van der Waals surface area contributed by atoms with Crippen LogP contribution in [0.4, 0.5) is 5.69 Å². The summed E-state index contributed by atoms with van der Waals surface area (Å²) in [6.45, 7) is 0.303. The highest BCUT2D eigenvalue weighted by molar-refractivity contribution is 7.92. The molecular formula is C22H18N4O3S2. The van der Waals surface area contributed by atoms with Gasteiger partial charge in [0.25, 0.3) is 15.9 Å². The lowest BCUT2D eigenvalue weighted by molar-refractivity contribution is 0.0951. The Morgan fingerprint density at radius 3 is 2.35 bits per heavy atom. The minimum atomic E-state index is -3.67. The number of nitrogens with one attached hydrogen (secondary N) is 2. The molecule has 2 aromatic heterocycles. The van der Waals surface area contributed by atoms with E-state index in [0.29, 0.717) is 17.8 Å². The van der Waals surface area contributed by atoms with Gasteiger partial charge in [-0.3, -0.25) is 14.5 Å². The molecule has 4 aromatic rings. The van der Waals surface area contributed by atoms with Gasteiger partial charge in [-0.25, -0.2) is 13.4 Å². The van der Waals surface area contributed by atoms with Gasteiger partial charge in [0.2, 0.25) is 0 Å². The fourth-order valence-corrected chi connectivity index (χ4v) is 4.63. The van der Waals surface area contributed by atoms with Crippen LogP contribution in [0.25, 0.3) is 11.3 Å². The van der Waals surface area contributed by atoms with Crippen LogP contribution in [0.2, 0.25) is 0 Å². The van der Waals surface area contributed by atoms with Crippen molar-refractivity contribution in [2.24, 2.45) is 0 Å². The SMILES string of the molecule is O=C(NCc1nc(-c2ccncc2)cs1)c1ccc(NS(=O)(=O)c2ccccc2)cc1. The van der Waals surface area contributed by atoms with E-state index in [1.165, 1.54) is 23.5 Å². The smallest absolute Gasteiger partial charge is 0.261 e. The molecule has 0 fully saturated rings. The number of amides is 1. The lowest BCUT2D eigenvalue weighted by Crippen LogP contribution is -2.22. The predicted molar refractivity (Wildman–Crippen MR) is 120 cm³/mol. The minimum absolute atomic E-state index is 0.173. The average Bonchev–Trinajstić information content (AvgIpc) is 3.28. The second kappa shape index (κ2) is 9.07. The third kappa shape index (κ3) is 5.14. The molecule has 0 radical (unpaired) electrons. The van der Waals surface area contributed by atoms with Crippen molar-refractivity contribution >= 4 is 33.0 Å². The van der Waals surface area contributed by atoms with E-state index in [1.807, 2.05) is 17.5 Å². The first-order valence-corrected chi connectivity index (χ1v) is 11.7. The summed E-state index contributed by atoms with van der Waals surface area (Å²) in [5.41, 5.74) is 2.61. The molecule has 2 N–H and O–H groups in total. The van der Waals surface area contributed by atoms with Crippen LogP contribution in [0, 0.1) is 0 Å². The van der Waals surface area contributed by atoms with Crippen LogP contribution in [0.5, 0.6) is 0 Å². The van der Waals surface area contributed by atoms with Gasteiger partial charge in [0, 0.05) is 34.6 Å². The standard InChI is InChI=1S/C22H18N4O3S2/c27-22(24-14-21-25-20(15-30-21)16-10-12-23-13-11-16)17-6-8-18(9-7-17)26-31(28,29)19-4-2-1-3-5-19/h1-13,15,26H,14H2,(H,24,27).